The molecular formula is C9H14LiN. The van der Waals surface area contributed by atoms with E-state index in [0.29, 0.717) is 0 Å². The number of nitrogens with zero attached hydrogens (tertiary/aromatic N) is 1. The first-order valence-corrected chi connectivity index (χ1v) is 3.97. The van der Waals surface area contributed by atoms with Crippen LogP contribution < -0.4 is 0 Å². The molecule has 0 saturated carbocycles. The summed E-state index contributed by atoms with van der Waals surface area (Å²) in [5.41, 5.74) is 0. The van der Waals surface area contributed by atoms with E-state index < -0.39 is 0 Å². The van der Waals surface area contributed by atoms with Gasteiger partial charge in [0.15, 0.2) is 0 Å². The van der Waals surface area contributed by atoms with Crippen LogP contribution >= 0.6 is 0 Å². The van der Waals surface area contributed by atoms with Crippen molar-refractivity contribution in [3.8, 4) is 0 Å². The third-order valence-electron chi connectivity index (χ3n) is 1.28. The Morgan fingerprint density at radius 1 is 1.18 bits per heavy atom. The predicted molar refractivity (Wildman–Crippen MR) is 51.7 cm³/mol. The Balaban J connectivity index is 3.76. The van der Waals surface area contributed by atoms with Crippen molar-refractivity contribution in [3.05, 3.63) is 37.6 Å². The molecule has 56 valence electrons. The van der Waals surface area contributed by atoms with Crippen molar-refractivity contribution < 1.29 is 0 Å². The van der Waals surface area contributed by atoms with Crippen LogP contribution in [0.15, 0.2) is 37.6 Å². The van der Waals surface area contributed by atoms with Gasteiger partial charge in [-0.15, -0.1) is 0 Å². The SMILES string of the molecule is [Li][CH2]C=CN(CC=C)CC=C. The number of hydrogen-bond acceptors (Lipinski definition) is 1. The van der Waals surface area contributed by atoms with Crippen LogP contribution in [0.3, 0.4) is 0 Å². The molecule has 0 radical (unpaired) electrons. The Morgan fingerprint density at radius 2 is 1.73 bits per heavy atom. The molecule has 0 aromatic rings. The van der Waals surface area contributed by atoms with Gasteiger partial charge in [0.1, 0.15) is 0 Å². The Kier molecular flexibility index (Phi) is 7.45. The van der Waals surface area contributed by atoms with Gasteiger partial charge in [0, 0.05) is 0 Å². The maximum absolute atomic E-state index is 3.68. The monoisotopic (exact) mass is 143 g/mol. The first-order valence-electron chi connectivity index (χ1n) is 3.97. The topological polar surface area (TPSA) is 3.24 Å². The molecule has 0 saturated heterocycles. The van der Waals surface area contributed by atoms with E-state index in [1.54, 1.807) is 0 Å². The summed E-state index contributed by atoms with van der Waals surface area (Å²) in [5, 5.41) is 1.07. The summed E-state index contributed by atoms with van der Waals surface area (Å²) in [7, 11) is 0. The molecule has 0 aliphatic rings. The van der Waals surface area contributed by atoms with E-state index in [2.05, 4.69) is 48.0 Å². The zero-order valence-electron chi connectivity index (χ0n) is 7.29. The first-order chi connectivity index (χ1) is 5.35. The molecule has 0 aromatic carbocycles. The molecule has 0 rings (SSSR count). The van der Waals surface area contributed by atoms with Crippen molar-refractivity contribution in [2.45, 2.75) is 5.09 Å². The second kappa shape index (κ2) is 7.72. The minimum absolute atomic E-state index is 0.891. The molecule has 0 N–H and O–H groups in total. The Labute approximate surface area is 78.7 Å². The van der Waals surface area contributed by atoms with Gasteiger partial charge in [-0.3, -0.25) is 0 Å². The summed E-state index contributed by atoms with van der Waals surface area (Å²) >= 11 is 2.12. The summed E-state index contributed by atoms with van der Waals surface area (Å²) in [4.78, 5) is 2.16. The van der Waals surface area contributed by atoms with Crippen LogP contribution in [0.5, 0.6) is 0 Å². The van der Waals surface area contributed by atoms with Crippen molar-refractivity contribution in [2.75, 3.05) is 13.1 Å². The van der Waals surface area contributed by atoms with E-state index in [1.165, 1.54) is 0 Å². The van der Waals surface area contributed by atoms with E-state index in [9.17, 15) is 0 Å². The van der Waals surface area contributed by atoms with Crippen LogP contribution in [-0.4, -0.2) is 35.7 Å². The molecule has 0 unspecified atom stereocenters. The summed E-state index contributed by atoms with van der Waals surface area (Å²) in [5.74, 6) is 0. The average molecular weight is 143 g/mol. The standard InChI is InChI=1S/C9H14N.Li/c1-4-7-10(8-5-2)9-6-3;/h4-7H,1-3,8-9H2;. The van der Waals surface area contributed by atoms with Gasteiger partial charge in [0.05, 0.1) is 0 Å². The van der Waals surface area contributed by atoms with Gasteiger partial charge in [0.25, 0.3) is 0 Å². The van der Waals surface area contributed by atoms with Gasteiger partial charge in [-0.25, -0.2) is 0 Å². The van der Waals surface area contributed by atoms with Crippen molar-refractivity contribution >= 4 is 17.7 Å². The van der Waals surface area contributed by atoms with Gasteiger partial charge in [-0.2, -0.15) is 0 Å². The van der Waals surface area contributed by atoms with Crippen LogP contribution in [0.25, 0.3) is 0 Å². The summed E-state index contributed by atoms with van der Waals surface area (Å²) < 4.78 is 0. The second-order valence-corrected chi connectivity index (χ2v) is 2.32. The second-order valence-electron chi connectivity index (χ2n) is 2.32. The van der Waals surface area contributed by atoms with Crippen molar-refractivity contribution in [1.82, 2.24) is 4.90 Å². The van der Waals surface area contributed by atoms with E-state index >= 15 is 0 Å². The zero-order valence-corrected chi connectivity index (χ0v) is 7.29. The van der Waals surface area contributed by atoms with E-state index in [-0.39, 0.29) is 0 Å². The molecule has 11 heavy (non-hydrogen) atoms. The molecule has 0 amide bonds. The molecule has 0 atom stereocenters. The van der Waals surface area contributed by atoms with Gasteiger partial charge in [-0.1, -0.05) is 0 Å². The molecule has 0 heterocycles. The van der Waals surface area contributed by atoms with Gasteiger partial charge >= 0.3 is 78.4 Å². The third kappa shape index (κ3) is 6.03. The number of hydrogen-bond donors (Lipinski definition) is 0. The summed E-state index contributed by atoms with van der Waals surface area (Å²) in [6.45, 7) is 9.14. The molecule has 2 heteroatoms. The van der Waals surface area contributed by atoms with Crippen LogP contribution in [0.2, 0.25) is 5.09 Å². The molecule has 0 aromatic heterocycles. The quantitative estimate of drug-likeness (QED) is 0.404. The predicted octanol–water partition coefficient (Wildman–Crippen LogP) is 1.76. The fraction of sp³-hybridized carbons (Fsp3) is 0.333. The molecule has 0 aliphatic carbocycles. The van der Waals surface area contributed by atoms with Crippen LogP contribution in [-0.2, 0) is 0 Å². The minimum atomic E-state index is 0.891. The van der Waals surface area contributed by atoms with E-state index in [4.69, 9.17) is 0 Å². The first kappa shape index (κ1) is 10.6. The molecule has 0 bridgehead atoms. The van der Waals surface area contributed by atoms with E-state index in [1.807, 2.05) is 12.2 Å². The van der Waals surface area contributed by atoms with Crippen LogP contribution in [0.4, 0.5) is 0 Å². The van der Waals surface area contributed by atoms with Crippen molar-refractivity contribution in [3.63, 3.8) is 0 Å². The third-order valence-corrected chi connectivity index (χ3v) is 1.28. The molecule has 0 aliphatic heterocycles. The normalized spacial score (nSPS) is 10.0. The number of allylic oxidation sites excluding steroid dienone is 1. The fourth-order valence-electron chi connectivity index (χ4n) is 0.782. The van der Waals surface area contributed by atoms with E-state index in [0.717, 1.165) is 18.2 Å². The van der Waals surface area contributed by atoms with Gasteiger partial charge < -0.3 is 0 Å². The average Bonchev–Trinajstić information content (AvgIpc) is 2.01. The Hall–Kier alpha value is -0.383. The maximum atomic E-state index is 3.68. The molecule has 0 spiro atoms. The molecule has 1 nitrogen and oxygen atoms in total. The summed E-state index contributed by atoms with van der Waals surface area (Å²) in [6.07, 6.45) is 8.00. The van der Waals surface area contributed by atoms with Crippen molar-refractivity contribution in [2.24, 2.45) is 0 Å². The molecular weight excluding hydrogens is 129 g/mol. The van der Waals surface area contributed by atoms with Crippen LogP contribution in [0.1, 0.15) is 0 Å². The van der Waals surface area contributed by atoms with Gasteiger partial charge in [-0.05, 0) is 0 Å². The Bertz CT molecular complexity index is 130. The summed E-state index contributed by atoms with van der Waals surface area (Å²) in [6, 6.07) is 0. The molecule has 0 fully saturated rings. The van der Waals surface area contributed by atoms with Crippen LogP contribution in [0, 0.1) is 0 Å². The number of rotatable bonds is 6. The zero-order chi connectivity index (χ0) is 8.53. The Morgan fingerprint density at radius 3 is 2.09 bits per heavy atom. The van der Waals surface area contributed by atoms with Gasteiger partial charge in [0.2, 0.25) is 0 Å². The fourth-order valence-corrected chi connectivity index (χ4v) is 0.782. The van der Waals surface area contributed by atoms with Crippen molar-refractivity contribution in [1.29, 1.82) is 0 Å².